The molecule has 6 nitrogen and oxygen atoms in total. The lowest BCUT2D eigenvalue weighted by Gasteiger charge is -2.11. The maximum absolute atomic E-state index is 12.2. The van der Waals surface area contributed by atoms with E-state index in [1.807, 2.05) is 48.7 Å². The van der Waals surface area contributed by atoms with Crippen LogP contribution in [0.4, 0.5) is 0 Å². The number of carbonyl (C=O) groups is 1. The zero-order chi connectivity index (χ0) is 21.0. The molecule has 0 unspecified atom stereocenters. The fourth-order valence-electron chi connectivity index (χ4n) is 3.50. The Morgan fingerprint density at radius 1 is 1.24 bits per heavy atom. The number of hydrogen-bond acceptors (Lipinski definition) is 4. The first-order valence-corrected chi connectivity index (χ1v) is 10.2. The number of aromatic nitrogens is 3. The Labute approximate surface area is 172 Å². The molecule has 1 N–H and O–H groups in total. The normalized spacial score (nSPS) is 11.2. The van der Waals surface area contributed by atoms with Gasteiger partial charge < -0.3 is 10.1 Å². The molecular formula is C23H30N4O2. The van der Waals surface area contributed by atoms with Crippen LogP contribution in [0.15, 0.2) is 30.3 Å². The Bertz CT molecular complexity index is 1010. The highest BCUT2D eigenvalue weighted by Gasteiger charge is 2.16. The first-order chi connectivity index (χ1) is 13.9. The van der Waals surface area contributed by atoms with E-state index in [0.717, 1.165) is 52.6 Å². The molecule has 0 bridgehead atoms. The van der Waals surface area contributed by atoms with Crippen molar-refractivity contribution in [3.05, 3.63) is 47.3 Å². The van der Waals surface area contributed by atoms with Gasteiger partial charge in [0.2, 0.25) is 5.91 Å². The molecule has 2 heterocycles. The number of amides is 1. The van der Waals surface area contributed by atoms with E-state index in [1.54, 1.807) is 7.11 Å². The number of aryl methyl sites for hydroxylation is 2. The minimum atomic E-state index is 0.0831. The molecule has 2 aromatic heterocycles. The average molecular weight is 395 g/mol. The van der Waals surface area contributed by atoms with Crippen LogP contribution < -0.4 is 10.1 Å². The SMILES string of the molecule is COc1ccccc1-c1cc2nc(C)c(CCC(=O)NCCC(C)C)c(C)n2n1. The summed E-state index contributed by atoms with van der Waals surface area (Å²) in [7, 11) is 1.66. The van der Waals surface area contributed by atoms with Gasteiger partial charge in [-0.2, -0.15) is 5.10 Å². The lowest BCUT2D eigenvalue weighted by atomic mass is 10.1. The van der Waals surface area contributed by atoms with Gasteiger partial charge in [0.1, 0.15) is 5.75 Å². The molecule has 0 atom stereocenters. The van der Waals surface area contributed by atoms with Gasteiger partial charge in [0, 0.05) is 36.0 Å². The fraction of sp³-hybridized carbons (Fsp3) is 0.435. The summed E-state index contributed by atoms with van der Waals surface area (Å²) in [4.78, 5) is 16.9. The number of carbonyl (C=O) groups excluding carboxylic acids is 1. The number of ether oxygens (including phenoxy) is 1. The summed E-state index contributed by atoms with van der Waals surface area (Å²) in [5.74, 6) is 1.45. The van der Waals surface area contributed by atoms with Crippen LogP contribution in [0.2, 0.25) is 0 Å². The summed E-state index contributed by atoms with van der Waals surface area (Å²) in [6, 6.07) is 9.80. The molecule has 0 radical (unpaired) electrons. The molecule has 6 heteroatoms. The number of methoxy groups -OCH3 is 1. The van der Waals surface area contributed by atoms with E-state index >= 15 is 0 Å². The number of fused-ring (bicyclic) bond motifs is 1. The number of nitrogens with one attached hydrogen (secondary N) is 1. The average Bonchev–Trinajstić information content (AvgIpc) is 3.11. The quantitative estimate of drug-likeness (QED) is 0.624. The molecule has 3 rings (SSSR count). The van der Waals surface area contributed by atoms with Crippen molar-refractivity contribution >= 4 is 11.6 Å². The van der Waals surface area contributed by atoms with Gasteiger partial charge in [-0.05, 0) is 50.3 Å². The first-order valence-electron chi connectivity index (χ1n) is 10.2. The van der Waals surface area contributed by atoms with Gasteiger partial charge >= 0.3 is 0 Å². The van der Waals surface area contributed by atoms with Crippen molar-refractivity contribution in [3.63, 3.8) is 0 Å². The standard InChI is InChI=1S/C23H30N4O2/c1-15(2)12-13-24-23(28)11-10-18-16(3)25-22-14-20(26-27(22)17(18)4)19-8-6-7-9-21(19)29-5/h6-9,14-15H,10-13H2,1-5H3,(H,24,28). The second kappa shape index (κ2) is 9.07. The fourth-order valence-corrected chi connectivity index (χ4v) is 3.50. The maximum Gasteiger partial charge on any atom is 0.220 e. The molecule has 0 saturated carbocycles. The predicted molar refractivity (Wildman–Crippen MR) is 115 cm³/mol. The summed E-state index contributed by atoms with van der Waals surface area (Å²) < 4.78 is 7.33. The van der Waals surface area contributed by atoms with Crippen LogP contribution >= 0.6 is 0 Å². The van der Waals surface area contributed by atoms with Crippen molar-refractivity contribution in [2.75, 3.05) is 13.7 Å². The van der Waals surface area contributed by atoms with E-state index in [1.165, 1.54) is 0 Å². The van der Waals surface area contributed by atoms with Gasteiger partial charge in [-0.15, -0.1) is 0 Å². The maximum atomic E-state index is 12.2. The summed E-state index contributed by atoms with van der Waals surface area (Å²) in [6.45, 7) is 9.07. The smallest absolute Gasteiger partial charge is 0.220 e. The molecule has 0 fully saturated rings. The number of benzene rings is 1. The Morgan fingerprint density at radius 3 is 2.72 bits per heavy atom. The molecule has 0 aliphatic heterocycles. The highest BCUT2D eigenvalue weighted by atomic mass is 16.5. The second-order valence-corrected chi connectivity index (χ2v) is 7.79. The van der Waals surface area contributed by atoms with E-state index < -0.39 is 0 Å². The van der Waals surface area contributed by atoms with Crippen LogP contribution in [-0.2, 0) is 11.2 Å². The molecule has 1 aromatic carbocycles. The van der Waals surface area contributed by atoms with E-state index in [2.05, 4.69) is 19.2 Å². The van der Waals surface area contributed by atoms with Gasteiger partial charge in [0.05, 0.1) is 12.8 Å². The molecule has 3 aromatic rings. The van der Waals surface area contributed by atoms with E-state index in [9.17, 15) is 4.79 Å². The largest absolute Gasteiger partial charge is 0.496 e. The minimum absolute atomic E-state index is 0.0831. The summed E-state index contributed by atoms with van der Waals surface area (Å²) in [6.07, 6.45) is 2.10. The molecule has 0 aliphatic rings. The van der Waals surface area contributed by atoms with E-state index in [4.69, 9.17) is 14.8 Å². The molecule has 154 valence electrons. The molecule has 0 aliphatic carbocycles. The van der Waals surface area contributed by atoms with Gasteiger partial charge in [-0.1, -0.05) is 26.0 Å². The molecule has 0 spiro atoms. The first kappa shape index (κ1) is 20.8. The van der Waals surface area contributed by atoms with Crippen molar-refractivity contribution in [2.45, 2.75) is 47.0 Å². The predicted octanol–water partition coefficient (Wildman–Crippen LogP) is 4.12. The zero-order valence-electron chi connectivity index (χ0n) is 18.0. The third-order valence-corrected chi connectivity index (χ3v) is 5.19. The highest BCUT2D eigenvalue weighted by molar-refractivity contribution is 5.76. The molecule has 0 saturated heterocycles. The van der Waals surface area contributed by atoms with Crippen molar-refractivity contribution in [2.24, 2.45) is 5.92 Å². The van der Waals surface area contributed by atoms with Crippen molar-refractivity contribution in [1.82, 2.24) is 19.9 Å². The van der Waals surface area contributed by atoms with Crippen molar-refractivity contribution in [1.29, 1.82) is 0 Å². The number of nitrogens with zero attached hydrogens (tertiary/aromatic N) is 3. The van der Waals surface area contributed by atoms with Gasteiger partial charge in [0.25, 0.3) is 0 Å². The lowest BCUT2D eigenvalue weighted by Crippen LogP contribution is -2.25. The molecule has 29 heavy (non-hydrogen) atoms. The Kier molecular flexibility index (Phi) is 6.52. The van der Waals surface area contributed by atoms with Crippen LogP contribution in [0.1, 0.15) is 43.6 Å². The Balaban J connectivity index is 1.82. The summed E-state index contributed by atoms with van der Waals surface area (Å²) >= 11 is 0. The molecule has 1 amide bonds. The third-order valence-electron chi connectivity index (χ3n) is 5.19. The van der Waals surface area contributed by atoms with E-state index in [0.29, 0.717) is 18.8 Å². The van der Waals surface area contributed by atoms with Gasteiger partial charge in [0.15, 0.2) is 5.65 Å². The Hall–Kier alpha value is -2.89. The monoisotopic (exact) mass is 394 g/mol. The zero-order valence-corrected chi connectivity index (χ0v) is 18.0. The second-order valence-electron chi connectivity index (χ2n) is 7.79. The third kappa shape index (κ3) is 4.75. The molecular weight excluding hydrogens is 364 g/mol. The Morgan fingerprint density at radius 2 is 2.00 bits per heavy atom. The van der Waals surface area contributed by atoms with Crippen LogP contribution in [0.25, 0.3) is 16.9 Å². The topological polar surface area (TPSA) is 68.5 Å². The van der Waals surface area contributed by atoms with Gasteiger partial charge in [-0.3, -0.25) is 4.79 Å². The van der Waals surface area contributed by atoms with Crippen LogP contribution in [0.3, 0.4) is 0 Å². The van der Waals surface area contributed by atoms with Crippen LogP contribution in [0.5, 0.6) is 5.75 Å². The van der Waals surface area contributed by atoms with Gasteiger partial charge in [-0.25, -0.2) is 9.50 Å². The van der Waals surface area contributed by atoms with Crippen LogP contribution in [-0.4, -0.2) is 34.2 Å². The van der Waals surface area contributed by atoms with Crippen molar-refractivity contribution < 1.29 is 9.53 Å². The number of hydrogen-bond donors (Lipinski definition) is 1. The van der Waals surface area contributed by atoms with Crippen LogP contribution in [0, 0.1) is 19.8 Å². The van der Waals surface area contributed by atoms with Crippen molar-refractivity contribution in [3.8, 4) is 17.0 Å². The summed E-state index contributed by atoms with van der Waals surface area (Å²) in [5, 5.41) is 7.77. The van der Waals surface area contributed by atoms with E-state index in [-0.39, 0.29) is 5.91 Å². The minimum Gasteiger partial charge on any atom is -0.496 e. The number of para-hydroxylation sites is 1. The number of rotatable bonds is 8. The highest BCUT2D eigenvalue weighted by Crippen LogP contribution is 2.29. The summed E-state index contributed by atoms with van der Waals surface area (Å²) in [5.41, 5.74) is 5.59. The lowest BCUT2D eigenvalue weighted by molar-refractivity contribution is -0.121.